The smallest absolute Gasteiger partial charge is 0.295 e. The summed E-state index contributed by atoms with van der Waals surface area (Å²) in [4.78, 5) is 15.6. The van der Waals surface area contributed by atoms with Gasteiger partial charge in [0.2, 0.25) is 0 Å². The summed E-state index contributed by atoms with van der Waals surface area (Å²) in [5, 5.41) is 8.00. The van der Waals surface area contributed by atoms with Crippen LogP contribution in [0.3, 0.4) is 0 Å². The lowest BCUT2D eigenvalue weighted by Crippen LogP contribution is -2.29. The van der Waals surface area contributed by atoms with E-state index >= 15 is 0 Å². The van der Waals surface area contributed by atoms with E-state index in [1.165, 1.54) is 18.3 Å². The van der Waals surface area contributed by atoms with Gasteiger partial charge in [-0.3, -0.25) is 15.6 Å². The zero-order valence-electron chi connectivity index (χ0n) is 11.6. The molecule has 0 bridgehead atoms. The number of hydrogen-bond acceptors (Lipinski definition) is 4. The van der Waals surface area contributed by atoms with Crippen LogP contribution in [0.25, 0.3) is 0 Å². The molecule has 5 nitrogen and oxygen atoms in total. The Morgan fingerprint density at radius 1 is 1.21 bits per heavy atom. The van der Waals surface area contributed by atoms with Crippen molar-refractivity contribution in [3.63, 3.8) is 0 Å². The number of pyridine rings is 1. The van der Waals surface area contributed by atoms with Crippen molar-refractivity contribution >= 4 is 34.8 Å². The van der Waals surface area contributed by atoms with Gasteiger partial charge in [0.05, 0.1) is 26.9 Å². The van der Waals surface area contributed by atoms with Gasteiger partial charge in [0, 0.05) is 6.20 Å². The molecule has 0 fully saturated rings. The first-order valence-electron chi connectivity index (χ1n) is 6.21. The molecule has 0 aliphatic rings. The molecule has 10 heteroatoms. The van der Waals surface area contributed by atoms with E-state index in [1.807, 2.05) is 0 Å². The van der Waals surface area contributed by atoms with E-state index in [4.69, 9.17) is 28.5 Å². The Morgan fingerprint density at radius 2 is 1.83 bits per heavy atom. The van der Waals surface area contributed by atoms with E-state index in [2.05, 4.69) is 15.8 Å². The number of carbonyl (C=O) groups is 1. The van der Waals surface area contributed by atoms with Crippen molar-refractivity contribution in [3.8, 4) is 6.07 Å². The molecule has 124 valence electrons. The lowest BCUT2D eigenvalue weighted by atomic mass is 10.2. The number of nitriles is 1. The molecule has 1 aromatic carbocycles. The highest BCUT2D eigenvalue weighted by Crippen LogP contribution is 2.38. The van der Waals surface area contributed by atoms with Gasteiger partial charge in [-0.15, -0.1) is 0 Å². The third-order valence-corrected chi connectivity index (χ3v) is 3.41. The van der Waals surface area contributed by atoms with Crippen molar-refractivity contribution < 1.29 is 18.0 Å². The number of alkyl halides is 3. The lowest BCUT2D eigenvalue weighted by Gasteiger charge is -2.14. The molecule has 0 aliphatic carbocycles. The number of amides is 1. The molecule has 2 aromatic rings. The average molecular weight is 375 g/mol. The fraction of sp³-hybridized carbons (Fsp3) is 0.0714. The molecule has 0 aliphatic heterocycles. The van der Waals surface area contributed by atoms with Crippen LogP contribution in [0.5, 0.6) is 0 Å². The number of halogens is 5. The van der Waals surface area contributed by atoms with Crippen LogP contribution in [0.4, 0.5) is 18.9 Å². The molecule has 0 radical (unpaired) electrons. The highest BCUT2D eigenvalue weighted by Gasteiger charge is 2.32. The summed E-state index contributed by atoms with van der Waals surface area (Å²) in [6, 6.07) is 5.87. The number of anilines is 1. The van der Waals surface area contributed by atoms with E-state index in [0.29, 0.717) is 12.1 Å². The zero-order chi connectivity index (χ0) is 17.9. The standard InChI is InChI=1S/C14H7Cl2F3N4O/c15-10-3-8(14(17,18)19)4-11(16)12(10)22-23-13(24)7-1-2-9(5-20)21-6-7/h1-4,6,22H,(H,23,24). The van der Waals surface area contributed by atoms with Crippen LogP contribution in [0, 0.1) is 11.3 Å². The molecule has 1 aromatic heterocycles. The summed E-state index contributed by atoms with van der Waals surface area (Å²) in [6.45, 7) is 0. The third-order valence-electron chi connectivity index (χ3n) is 2.81. The quantitative estimate of drug-likeness (QED) is 0.794. The van der Waals surface area contributed by atoms with Crippen molar-refractivity contribution in [1.29, 1.82) is 5.26 Å². The molecule has 1 heterocycles. The molecule has 0 saturated heterocycles. The highest BCUT2D eigenvalue weighted by molar-refractivity contribution is 6.39. The maximum absolute atomic E-state index is 12.6. The topological polar surface area (TPSA) is 77.8 Å². The van der Waals surface area contributed by atoms with E-state index in [-0.39, 0.29) is 27.0 Å². The van der Waals surface area contributed by atoms with E-state index in [9.17, 15) is 18.0 Å². The Labute approximate surface area is 144 Å². The minimum absolute atomic E-state index is 0.0821. The van der Waals surface area contributed by atoms with Crippen LogP contribution in [-0.2, 0) is 6.18 Å². The van der Waals surface area contributed by atoms with Gasteiger partial charge in [0.15, 0.2) is 0 Å². The molecule has 2 N–H and O–H groups in total. The average Bonchev–Trinajstić information content (AvgIpc) is 2.53. The first-order chi connectivity index (χ1) is 11.2. The van der Waals surface area contributed by atoms with Crippen LogP contribution in [0.15, 0.2) is 30.5 Å². The number of nitrogens with one attached hydrogen (secondary N) is 2. The summed E-state index contributed by atoms with van der Waals surface area (Å²) in [6.07, 6.45) is -3.42. The second-order valence-corrected chi connectivity index (χ2v) is 5.25. The molecule has 0 atom stereocenters. The SMILES string of the molecule is N#Cc1ccc(C(=O)NNc2c(Cl)cc(C(F)(F)F)cc2Cl)cn1. The Morgan fingerprint density at radius 3 is 2.29 bits per heavy atom. The number of hydrazine groups is 1. The first kappa shape index (κ1) is 17.8. The second-order valence-electron chi connectivity index (χ2n) is 4.44. The lowest BCUT2D eigenvalue weighted by molar-refractivity contribution is -0.137. The second kappa shape index (κ2) is 6.95. The van der Waals surface area contributed by atoms with E-state index in [1.54, 1.807) is 6.07 Å². The van der Waals surface area contributed by atoms with Crippen molar-refractivity contribution in [1.82, 2.24) is 10.4 Å². The van der Waals surface area contributed by atoms with Crippen molar-refractivity contribution in [2.75, 3.05) is 5.43 Å². The van der Waals surface area contributed by atoms with Crippen molar-refractivity contribution in [2.24, 2.45) is 0 Å². The Kier molecular flexibility index (Phi) is 5.17. The van der Waals surface area contributed by atoms with Crippen molar-refractivity contribution in [3.05, 3.63) is 57.3 Å². The van der Waals surface area contributed by atoms with Gasteiger partial charge < -0.3 is 0 Å². The number of benzene rings is 1. The van der Waals surface area contributed by atoms with Gasteiger partial charge in [-0.25, -0.2) is 4.98 Å². The molecule has 0 spiro atoms. The zero-order valence-corrected chi connectivity index (χ0v) is 13.1. The normalized spacial score (nSPS) is 10.8. The van der Waals surface area contributed by atoms with Gasteiger partial charge in [-0.2, -0.15) is 18.4 Å². The summed E-state index contributed by atoms with van der Waals surface area (Å²) >= 11 is 11.5. The van der Waals surface area contributed by atoms with Gasteiger partial charge in [0.1, 0.15) is 11.8 Å². The molecule has 24 heavy (non-hydrogen) atoms. The number of rotatable bonds is 3. The fourth-order valence-electron chi connectivity index (χ4n) is 1.64. The van der Waals surface area contributed by atoms with E-state index in [0.717, 1.165) is 0 Å². The molecule has 2 rings (SSSR count). The predicted molar refractivity (Wildman–Crippen MR) is 81.5 cm³/mol. The van der Waals surface area contributed by atoms with E-state index < -0.39 is 17.6 Å². The number of hydrogen-bond donors (Lipinski definition) is 2. The summed E-state index contributed by atoms with van der Waals surface area (Å²) in [5.74, 6) is -0.640. The largest absolute Gasteiger partial charge is 0.416 e. The van der Waals surface area contributed by atoms with Crippen LogP contribution in [-0.4, -0.2) is 10.9 Å². The van der Waals surface area contributed by atoms with Crippen LogP contribution in [0.1, 0.15) is 21.6 Å². The predicted octanol–water partition coefficient (Wildman–Crippen LogP) is 4.04. The molecule has 0 unspecified atom stereocenters. The minimum Gasteiger partial charge on any atom is -0.295 e. The van der Waals surface area contributed by atoms with Crippen LogP contribution >= 0.6 is 23.2 Å². The Balaban J connectivity index is 2.14. The molecular formula is C14H7Cl2F3N4O. The highest BCUT2D eigenvalue weighted by atomic mass is 35.5. The minimum atomic E-state index is -4.59. The Hall–Kier alpha value is -2.50. The molecule has 1 amide bonds. The monoisotopic (exact) mass is 374 g/mol. The van der Waals surface area contributed by atoms with Crippen molar-refractivity contribution in [2.45, 2.75) is 6.18 Å². The van der Waals surface area contributed by atoms with Crippen LogP contribution in [0.2, 0.25) is 10.0 Å². The Bertz CT molecular complexity index is 793. The summed E-state index contributed by atoms with van der Waals surface area (Å²) in [7, 11) is 0. The third kappa shape index (κ3) is 4.07. The van der Waals surface area contributed by atoms with Gasteiger partial charge in [0.25, 0.3) is 5.91 Å². The first-order valence-corrected chi connectivity index (χ1v) is 6.96. The summed E-state index contributed by atoms with van der Waals surface area (Å²) < 4.78 is 37.9. The number of nitrogens with zero attached hydrogens (tertiary/aromatic N) is 2. The number of carbonyl (C=O) groups excluding carboxylic acids is 1. The van der Waals surface area contributed by atoms with Crippen LogP contribution < -0.4 is 10.9 Å². The number of aromatic nitrogens is 1. The maximum atomic E-state index is 12.6. The maximum Gasteiger partial charge on any atom is 0.416 e. The van der Waals surface area contributed by atoms with Gasteiger partial charge >= 0.3 is 6.18 Å². The summed E-state index contributed by atoms with van der Waals surface area (Å²) in [5.41, 5.74) is 3.76. The molecule has 0 saturated carbocycles. The fourth-order valence-corrected chi connectivity index (χ4v) is 2.22. The van der Waals surface area contributed by atoms with Gasteiger partial charge in [-0.05, 0) is 24.3 Å². The van der Waals surface area contributed by atoms with Gasteiger partial charge in [-0.1, -0.05) is 23.2 Å². The molecular weight excluding hydrogens is 368 g/mol.